The summed E-state index contributed by atoms with van der Waals surface area (Å²) in [5.74, 6) is 0.800. The van der Waals surface area contributed by atoms with Gasteiger partial charge in [0.2, 0.25) is 0 Å². The molecular weight excluding hydrogens is 208 g/mol. The average Bonchev–Trinajstić information content (AvgIpc) is 2.38. The van der Waals surface area contributed by atoms with Gasteiger partial charge in [-0.05, 0) is 37.3 Å². The van der Waals surface area contributed by atoms with Crippen LogP contribution in [0.2, 0.25) is 0 Å². The second-order valence-electron chi connectivity index (χ2n) is 5.03. The van der Waals surface area contributed by atoms with E-state index >= 15 is 0 Å². The Morgan fingerprint density at radius 2 is 2.00 bits per heavy atom. The molecule has 96 valence electrons. The van der Waals surface area contributed by atoms with Crippen LogP contribution in [0.4, 0.5) is 0 Å². The van der Waals surface area contributed by atoms with Gasteiger partial charge in [-0.2, -0.15) is 0 Å². The first-order chi connectivity index (χ1) is 8.17. The van der Waals surface area contributed by atoms with Crippen LogP contribution in [-0.2, 0) is 0 Å². The minimum atomic E-state index is 0.387. The summed E-state index contributed by atoms with van der Waals surface area (Å²) in [6.45, 7) is 9.08. The van der Waals surface area contributed by atoms with Crippen LogP contribution in [0.1, 0.15) is 58.6 Å². The van der Waals surface area contributed by atoms with Crippen molar-refractivity contribution in [3.05, 3.63) is 30.1 Å². The van der Waals surface area contributed by atoms with Crippen molar-refractivity contribution in [1.82, 2.24) is 10.3 Å². The number of aromatic nitrogens is 1. The predicted octanol–water partition coefficient (Wildman–Crippen LogP) is 3.95. The SMILES string of the molecule is CCC(C)CC(CC)NC(C)c1cccnc1. The topological polar surface area (TPSA) is 24.9 Å². The zero-order chi connectivity index (χ0) is 12.7. The third kappa shape index (κ3) is 4.86. The highest BCUT2D eigenvalue weighted by Gasteiger charge is 2.14. The Hall–Kier alpha value is -0.890. The second-order valence-corrected chi connectivity index (χ2v) is 5.03. The molecule has 2 heteroatoms. The molecule has 1 aromatic heterocycles. The standard InChI is InChI=1S/C15H26N2/c1-5-12(3)10-15(6-2)17-13(4)14-8-7-9-16-11-14/h7-9,11-13,15,17H,5-6,10H2,1-4H3. The molecule has 0 bridgehead atoms. The lowest BCUT2D eigenvalue weighted by Crippen LogP contribution is -2.32. The normalized spacial score (nSPS) is 16.5. The highest BCUT2D eigenvalue weighted by atomic mass is 14.9. The largest absolute Gasteiger partial charge is 0.307 e. The summed E-state index contributed by atoms with van der Waals surface area (Å²) >= 11 is 0. The van der Waals surface area contributed by atoms with Crippen LogP contribution in [0.3, 0.4) is 0 Å². The van der Waals surface area contributed by atoms with Gasteiger partial charge in [0.25, 0.3) is 0 Å². The fourth-order valence-electron chi connectivity index (χ4n) is 2.09. The molecular formula is C15H26N2. The van der Waals surface area contributed by atoms with E-state index in [2.05, 4.69) is 44.1 Å². The van der Waals surface area contributed by atoms with Crippen LogP contribution < -0.4 is 5.32 Å². The molecule has 3 unspecified atom stereocenters. The molecule has 3 atom stereocenters. The number of nitrogens with one attached hydrogen (secondary N) is 1. The third-order valence-corrected chi connectivity index (χ3v) is 3.55. The van der Waals surface area contributed by atoms with Gasteiger partial charge in [-0.1, -0.05) is 33.3 Å². The number of hydrogen-bond acceptors (Lipinski definition) is 2. The molecule has 1 aromatic rings. The number of nitrogens with zero attached hydrogens (tertiary/aromatic N) is 1. The number of hydrogen-bond donors (Lipinski definition) is 1. The van der Waals surface area contributed by atoms with E-state index in [1.54, 1.807) is 0 Å². The van der Waals surface area contributed by atoms with E-state index in [-0.39, 0.29) is 0 Å². The van der Waals surface area contributed by atoms with E-state index < -0.39 is 0 Å². The lowest BCUT2D eigenvalue weighted by Gasteiger charge is -2.24. The lowest BCUT2D eigenvalue weighted by molar-refractivity contribution is 0.359. The van der Waals surface area contributed by atoms with Gasteiger partial charge in [-0.25, -0.2) is 0 Å². The Morgan fingerprint density at radius 1 is 1.24 bits per heavy atom. The molecule has 0 amide bonds. The summed E-state index contributed by atoms with van der Waals surface area (Å²) in [6.07, 6.45) is 7.49. The van der Waals surface area contributed by atoms with Gasteiger partial charge < -0.3 is 5.32 Å². The van der Waals surface area contributed by atoms with Crippen LogP contribution in [0.5, 0.6) is 0 Å². The van der Waals surface area contributed by atoms with Crippen molar-refractivity contribution >= 4 is 0 Å². The molecule has 0 aliphatic heterocycles. The van der Waals surface area contributed by atoms with Crippen LogP contribution >= 0.6 is 0 Å². The molecule has 1 heterocycles. The van der Waals surface area contributed by atoms with E-state index in [9.17, 15) is 0 Å². The van der Waals surface area contributed by atoms with Gasteiger partial charge in [0, 0.05) is 24.5 Å². The maximum Gasteiger partial charge on any atom is 0.0315 e. The molecule has 0 saturated heterocycles. The van der Waals surface area contributed by atoms with Crippen LogP contribution in [0.25, 0.3) is 0 Å². The van der Waals surface area contributed by atoms with Gasteiger partial charge in [0.05, 0.1) is 0 Å². The Bertz CT molecular complexity index is 297. The van der Waals surface area contributed by atoms with Gasteiger partial charge >= 0.3 is 0 Å². The van der Waals surface area contributed by atoms with Crippen molar-refractivity contribution in [1.29, 1.82) is 0 Å². The highest BCUT2D eigenvalue weighted by Crippen LogP contribution is 2.17. The van der Waals surface area contributed by atoms with Crippen LogP contribution in [0.15, 0.2) is 24.5 Å². The van der Waals surface area contributed by atoms with Crippen molar-refractivity contribution in [2.75, 3.05) is 0 Å². The molecule has 0 saturated carbocycles. The van der Waals surface area contributed by atoms with E-state index in [0.717, 1.165) is 5.92 Å². The monoisotopic (exact) mass is 234 g/mol. The predicted molar refractivity (Wildman–Crippen MR) is 73.9 cm³/mol. The zero-order valence-corrected chi connectivity index (χ0v) is 11.6. The fraction of sp³-hybridized carbons (Fsp3) is 0.667. The quantitative estimate of drug-likeness (QED) is 0.772. The van der Waals surface area contributed by atoms with E-state index in [4.69, 9.17) is 0 Å². The molecule has 0 spiro atoms. The average molecular weight is 234 g/mol. The molecule has 0 radical (unpaired) electrons. The third-order valence-electron chi connectivity index (χ3n) is 3.55. The van der Waals surface area contributed by atoms with Gasteiger partial charge in [0.1, 0.15) is 0 Å². The highest BCUT2D eigenvalue weighted by molar-refractivity contribution is 5.12. The first-order valence-corrected chi connectivity index (χ1v) is 6.83. The van der Waals surface area contributed by atoms with Crippen molar-refractivity contribution in [3.8, 4) is 0 Å². The number of pyridine rings is 1. The summed E-state index contributed by atoms with van der Waals surface area (Å²) < 4.78 is 0. The van der Waals surface area contributed by atoms with Crippen molar-refractivity contribution in [3.63, 3.8) is 0 Å². The number of rotatable bonds is 7. The molecule has 0 fully saturated rings. The minimum Gasteiger partial charge on any atom is -0.307 e. The van der Waals surface area contributed by atoms with Gasteiger partial charge in [-0.15, -0.1) is 0 Å². The first-order valence-electron chi connectivity index (χ1n) is 6.83. The Kier molecular flexibility index (Phi) is 6.20. The molecule has 1 N–H and O–H groups in total. The van der Waals surface area contributed by atoms with Gasteiger partial charge in [-0.3, -0.25) is 4.98 Å². The smallest absolute Gasteiger partial charge is 0.0315 e. The summed E-state index contributed by atoms with van der Waals surface area (Å²) in [7, 11) is 0. The Labute approximate surface area is 106 Å². The zero-order valence-electron chi connectivity index (χ0n) is 11.6. The first kappa shape index (κ1) is 14.2. The molecule has 0 aliphatic rings. The summed E-state index contributed by atoms with van der Waals surface area (Å²) in [6, 6.07) is 5.14. The summed E-state index contributed by atoms with van der Waals surface area (Å²) in [5, 5.41) is 3.71. The lowest BCUT2D eigenvalue weighted by atomic mass is 9.96. The summed E-state index contributed by atoms with van der Waals surface area (Å²) in [5.41, 5.74) is 1.27. The molecule has 17 heavy (non-hydrogen) atoms. The summed E-state index contributed by atoms with van der Waals surface area (Å²) in [4.78, 5) is 4.18. The van der Waals surface area contributed by atoms with E-state index in [1.165, 1.54) is 24.8 Å². The minimum absolute atomic E-state index is 0.387. The molecule has 2 nitrogen and oxygen atoms in total. The second kappa shape index (κ2) is 7.44. The Balaban J connectivity index is 2.50. The Morgan fingerprint density at radius 3 is 2.53 bits per heavy atom. The molecule has 0 aromatic carbocycles. The van der Waals surface area contributed by atoms with Crippen molar-refractivity contribution < 1.29 is 0 Å². The van der Waals surface area contributed by atoms with E-state index in [0.29, 0.717) is 12.1 Å². The molecule has 0 aliphatic carbocycles. The maximum absolute atomic E-state index is 4.18. The van der Waals surface area contributed by atoms with Crippen molar-refractivity contribution in [2.45, 2.75) is 59.0 Å². The van der Waals surface area contributed by atoms with E-state index in [1.807, 2.05) is 18.5 Å². The van der Waals surface area contributed by atoms with Crippen molar-refractivity contribution in [2.24, 2.45) is 5.92 Å². The van der Waals surface area contributed by atoms with Crippen LogP contribution in [0, 0.1) is 5.92 Å². The van der Waals surface area contributed by atoms with Crippen LogP contribution in [-0.4, -0.2) is 11.0 Å². The fourth-order valence-corrected chi connectivity index (χ4v) is 2.09. The maximum atomic E-state index is 4.18. The van der Waals surface area contributed by atoms with Gasteiger partial charge in [0.15, 0.2) is 0 Å². The molecule has 1 rings (SSSR count).